The average Bonchev–Trinajstić information content (AvgIpc) is 2.60. The van der Waals surface area contributed by atoms with Crippen molar-refractivity contribution in [2.24, 2.45) is 5.10 Å². The summed E-state index contributed by atoms with van der Waals surface area (Å²) < 4.78 is 5.21. The van der Waals surface area contributed by atoms with Crippen LogP contribution in [0.15, 0.2) is 58.5 Å². The molecule has 0 aliphatic carbocycles. The minimum Gasteiger partial charge on any atom is -0.495 e. The summed E-state index contributed by atoms with van der Waals surface area (Å²) in [7, 11) is 1.59. The highest BCUT2D eigenvalue weighted by Gasteiger charge is 2.03. The zero-order chi connectivity index (χ0) is 16.5. The van der Waals surface area contributed by atoms with E-state index in [2.05, 4.69) is 15.8 Å². The number of anilines is 1. The fraction of sp³-hybridized carbons (Fsp3) is 0.176. The van der Waals surface area contributed by atoms with Crippen molar-refractivity contribution >= 4 is 29.6 Å². The van der Waals surface area contributed by atoms with Crippen LogP contribution in [0.5, 0.6) is 5.75 Å². The highest BCUT2D eigenvalue weighted by molar-refractivity contribution is 7.98. The number of carbonyl (C=O) groups is 1. The molecule has 0 aliphatic heterocycles. The summed E-state index contributed by atoms with van der Waals surface area (Å²) in [5, 5.41) is 6.96. The number of hydrazone groups is 1. The second-order valence-electron chi connectivity index (χ2n) is 4.62. The van der Waals surface area contributed by atoms with Crippen molar-refractivity contribution in [3.63, 3.8) is 0 Å². The Labute approximate surface area is 140 Å². The van der Waals surface area contributed by atoms with Gasteiger partial charge in [0.15, 0.2) is 0 Å². The maximum atomic E-state index is 11.8. The predicted molar refractivity (Wildman–Crippen MR) is 95.4 cm³/mol. The lowest BCUT2D eigenvalue weighted by Gasteiger charge is -2.09. The number of hydrogen-bond acceptors (Lipinski definition) is 5. The molecule has 6 heteroatoms. The van der Waals surface area contributed by atoms with E-state index in [1.54, 1.807) is 25.1 Å². The molecular formula is C17H19N3O2S. The van der Waals surface area contributed by atoms with Crippen LogP contribution in [0.2, 0.25) is 0 Å². The Balaban J connectivity index is 1.81. The van der Waals surface area contributed by atoms with Gasteiger partial charge in [-0.05, 0) is 36.1 Å². The lowest BCUT2D eigenvalue weighted by Crippen LogP contribution is -2.26. The highest BCUT2D eigenvalue weighted by atomic mass is 32.2. The number of hydrogen-bond donors (Lipinski definition) is 2. The van der Waals surface area contributed by atoms with Crippen LogP contribution in [-0.4, -0.2) is 32.0 Å². The van der Waals surface area contributed by atoms with Gasteiger partial charge in [-0.2, -0.15) is 5.10 Å². The van der Waals surface area contributed by atoms with Crippen LogP contribution in [0, 0.1) is 0 Å². The van der Waals surface area contributed by atoms with Crippen LogP contribution in [0.25, 0.3) is 0 Å². The second-order valence-corrected chi connectivity index (χ2v) is 5.50. The first-order valence-electron chi connectivity index (χ1n) is 7.06. The lowest BCUT2D eigenvalue weighted by molar-refractivity contribution is -0.119. The molecule has 120 valence electrons. The summed E-state index contributed by atoms with van der Waals surface area (Å²) in [6, 6.07) is 15.4. The number of methoxy groups -OCH3 is 1. The zero-order valence-electron chi connectivity index (χ0n) is 13.1. The first-order valence-corrected chi connectivity index (χ1v) is 8.28. The number of amides is 1. The predicted octanol–water partition coefficient (Wildman–Crippen LogP) is 2.98. The highest BCUT2D eigenvalue weighted by Crippen LogP contribution is 2.22. The standard InChI is InChI=1S/C17H19N3O2S/c1-22-16-6-4-3-5-15(16)18-12-17(21)20-19-11-13-7-9-14(23-2)10-8-13/h3-11,18H,12H2,1-2H3,(H,20,21)/b19-11+. The van der Waals surface area contributed by atoms with E-state index in [-0.39, 0.29) is 12.5 Å². The van der Waals surface area contributed by atoms with E-state index in [0.29, 0.717) is 5.75 Å². The molecule has 0 heterocycles. The molecule has 23 heavy (non-hydrogen) atoms. The number of benzene rings is 2. The molecule has 0 saturated carbocycles. The molecule has 0 atom stereocenters. The molecule has 2 aromatic carbocycles. The van der Waals surface area contributed by atoms with Gasteiger partial charge >= 0.3 is 0 Å². The van der Waals surface area contributed by atoms with E-state index >= 15 is 0 Å². The van der Waals surface area contributed by atoms with Gasteiger partial charge in [0, 0.05) is 4.90 Å². The maximum Gasteiger partial charge on any atom is 0.259 e. The second kappa shape index (κ2) is 8.85. The van der Waals surface area contributed by atoms with Gasteiger partial charge in [0.05, 0.1) is 25.6 Å². The molecular weight excluding hydrogens is 310 g/mol. The van der Waals surface area contributed by atoms with Gasteiger partial charge in [-0.3, -0.25) is 4.79 Å². The third kappa shape index (κ3) is 5.34. The van der Waals surface area contributed by atoms with Crippen molar-refractivity contribution in [1.82, 2.24) is 5.43 Å². The van der Waals surface area contributed by atoms with Gasteiger partial charge in [-0.25, -0.2) is 5.43 Å². The Morgan fingerprint density at radius 2 is 1.96 bits per heavy atom. The molecule has 0 saturated heterocycles. The number of nitrogens with one attached hydrogen (secondary N) is 2. The quantitative estimate of drug-likeness (QED) is 0.466. The molecule has 2 aromatic rings. The van der Waals surface area contributed by atoms with Crippen molar-refractivity contribution in [2.45, 2.75) is 4.90 Å². The van der Waals surface area contributed by atoms with Gasteiger partial charge < -0.3 is 10.1 Å². The van der Waals surface area contributed by atoms with E-state index in [9.17, 15) is 4.79 Å². The Hall–Kier alpha value is -2.47. The first-order chi connectivity index (χ1) is 11.2. The van der Waals surface area contributed by atoms with Crippen LogP contribution in [0.4, 0.5) is 5.69 Å². The van der Waals surface area contributed by atoms with E-state index in [1.807, 2.05) is 54.8 Å². The van der Waals surface area contributed by atoms with Crippen molar-refractivity contribution < 1.29 is 9.53 Å². The molecule has 0 spiro atoms. The third-order valence-electron chi connectivity index (χ3n) is 3.07. The van der Waals surface area contributed by atoms with Gasteiger partial charge in [0.2, 0.25) is 0 Å². The molecule has 5 nitrogen and oxygen atoms in total. The van der Waals surface area contributed by atoms with E-state index in [0.717, 1.165) is 11.3 Å². The monoisotopic (exact) mass is 329 g/mol. The van der Waals surface area contributed by atoms with Gasteiger partial charge in [-0.15, -0.1) is 11.8 Å². The van der Waals surface area contributed by atoms with Crippen LogP contribution in [0.3, 0.4) is 0 Å². The normalized spacial score (nSPS) is 10.5. The molecule has 0 radical (unpaired) electrons. The summed E-state index contributed by atoms with van der Waals surface area (Å²) in [4.78, 5) is 13.0. The zero-order valence-corrected chi connectivity index (χ0v) is 13.9. The van der Waals surface area contributed by atoms with Crippen molar-refractivity contribution in [1.29, 1.82) is 0 Å². The Bertz CT molecular complexity index is 672. The smallest absolute Gasteiger partial charge is 0.259 e. The number of ether oxygens (including phenoxy) is 1. The largest absolute Gasteiger partial charge is 0.495 e. The Morgan fingerprint density at radius 1 is 1.22 bits per heavy atom. The first kappa shape index (κ1) is 16.9. The van der Waals surface area contributed by atoms with Crippen LogP contribution >= 0.6 is 11.8 Å². The molecule has 2 rings (SSSR count). The molecule has 1 amide bonds. The number of para-hydroxylation sites is 2. The molecule has 0 aromatic heterocycles. The summed E-state index contributed by atoms with van der Waals surface area (Å²) >= 11 is 1.68. The lowest BCUT2D eigenvalue weighted by atomic mass is 10.2. The number of thioether (sulfide) groups is 1. The topological polar surface area (TPSA) is 62.7 Å². The molecule has 0 bridgehead atoms. The van der Waals surface area contributed by atoms with E-state index < -0.39 is 0 Å². The molecule has 2 N–H and O–H groups in total. The summed E-state index contributed by atoms with van der Waals surface area (Å²) in [5.41, 5.74) is 4.19. The van der Waals surface area contributed by atoms with Crippen molar-refractivity contribution in [2.75, 3.05) is 25.2 Å². The fourth-order valence-electron chi connectivity index (χ4n) is 1.87. The number of rotatable bonds is 7. The minimum atomic E-state index is -0.229. The van der Waals surface area contributed by atoms with Crippen LogP contribution in [0.1, 0.15) is 5.56 Å². The number of nitrogens with zero attached hydrogens (tertiary/aromatic N) is 1. The van der Waals surface area contributed by atoms with E-state index in [1.165, 1.54) is 4.90 Å². The third-order valence-corrected chi connectivity index (χ3v) is 3.81. The minimum absolute atomic E-state index is 0.114. The van der Waals surface area contributed by atoms with Gasteiger partial charge in [0.25, 0.3) is 5.91 Å². The van der Waals surface area contributed by atoms with Crippen LogP contribution < -0.4 is 15.5 Å². The van der Waals surface area contributed by atoms with E-state index in [4.69, 9.17) is 4.74 Å². The maximum absolute atomic E-state index is 11.8. The Kier molecular flexibility index (Phi) is 6.50. The average molecular weight is 329 g/mol. The number of carbonyl (C=O) groups excluding carboxylic acids is 1. The van der Waals surface area contributed by atoms with Crippen molar-refractivity contribution in [3.05, 3.63) is 54.1 Å². The SMILES string of the molecule is COc1ccccc1NCC(=O)N/N=C/c1ccc(SC)cc1. The van der Waals surface area contributed by atoms with Gasteiger partial charge in [0.1, 0.15) is 5.75 Å². The molecule has 0 fully saturated rings. The molecule has 0 unspecified atom stereocenters. The summed E-state index contributed by atoms with van der Waals surface area (Å²) in [6.07, 6.45) is 3.64. The summed E-state index contributed by atoms with van der Waals surface area (Å²) in [6.45, 7) is 0.114. The Morgan fingerprint density at radius 3 is 2.65 bits per heavy atom. The fourth-order valence-corrected chi connectivity index (χ4v) is 2.28. The van der Waals surface area contributed by atoms with Gasteiger partial charge in [-0.1, -0.05) is 24.3 Å². The van der Waals surface area contributed by atoms with Crippen molar-refractivity contribution in [3.8, 4) is 5.75 Å². The molecule has 0 aliphatic rings. The van der Waals surface area contributed by atoms with Crippen LogP contribution in [-0.2, 0) is 4.79 Å². The summed E-state index contributed by atoms with van der Waals surface area (Å²) in [5.74, 6) is 0.463.